The Bertz CT molecular complexity index is 1010. The third-order valence-corrected chi connectivity index (χ3v) is 4.76. The number of nitrogens with one attached hydrogen (secondary N) is 1. The number of fused-ring (bicyclic) bond motifs is 1. The number of nitrogens with two attached hydrogens (primary N) is 1. The van der Waals surface area contributed by atoms with E-state index in [0.717, 1.165) is 4.70 Å². The molecule has 9 heteroatoms. The molecule has 3 aromatic rings. The highest BCUT2D eigenvalue weighted by Crippen LogP contribution is 2.27. The molecule has 0 aliphatic rings. The Balaban J connectivity index is 1.68. The van der Waals surface area contributed by atoms with Gasteiger partial charge in [0.1, 0.15) is 11.5 Å². The summed E-state index contributed by atoms with van der Waals surface area (Å²) in [6, 6.07) is 9.87. The van der Waals surface area contributed by atoms with Crippen molar-refractivity contribution < 1.29 is 23.8 Å². The van der Waals surface area contributed by atoms with Crippen LogP contribution in [0.4, 0.5) is 10.8 Å². The van der Waals surface area contributed by atoms with Crippen LogP contribution in [0.3, 0.4) is 0 Å². The van der Waals surface area contributed by atoms with E-state index in [1.807, 2.05) is 0 Å². The van der Waals surface area contributed by atoms with Crippen molar-refractivity contribution in [3.05, 3.63) is 42.0 Å². The number of benzene rings is 2. The monoisotopic (exact) mass is 401 g/mol. The summed E-state index contributed by atoms with van der Waals surface area (Å²) >= 11 is 1.27. The van der Waals surface area contributed by atoms with Gasteiger partial charge in [0.25, 0.3) is 5.91 Å². The zero-order chi connectivity index (χ0) is 20.3. The van der Waals surface area contributed by atoms with E-state index in [9.17, 15) is 9.59 Å². The van der Waals surface area contributed by atoms with Gasteiger partial charge in [0.05, 0.1) is 30.0 Å². The summed E-state index contributed by atoms with van der Waals surface area (Å²) in [6.45, 7) is 1.49. The molecule has 0 bridgehead atoms. The number of aromatic nitrogens is 1. The maximum Gasteiger partial charge on any atom is 0.338 e. The fourth-order valence-electron chi connectivity index (χ4n) is 2.48. The predicted molar refractivity (Wildman–Crippen MR) is 107 cm³/mol. The summed E-state index contributed by atoms with van der Waals surface area (Å²) in [5, 5.41) is 3.10. The lowest BCUT2D eigenvalue weighted by Gasteiger charge is -2.15. The van der Waals surface area contributed by atoms with Gasteiger partial charge < -0.3 is 25.3 Å². The first-order chi connectivity index (χ1) is 13.4. The number of amides is 1. The maximum absolute atomic E-state index is 12.4. The van der Waals surface area contributed by atoms with Crippen molar-refractivity contribution in [1.29, 1.82) is 0 Å². The van der Waals surface area contributed by atoms with E-state index in [0.29, 0.717) is 33.4 Å². The van der Waals surface area contributed by atoms with Crippen LogP contribution in [-0.4, -0.2) is 37.2 Å². The molecule has 0 aliphatic heterocycles. The highest BCUT2D eigenvalue weighted by Gasteiger charge is 2.20. The first-order valence-corrected chi connectivity index (χ1v) is 9.12. The van der Waals surface area contributed by atoms with E-state index < -0.39 is 18.0 Å². The van der Waals surface area contributed by atoms with Gasteiger partial charge in [0.2, 0.25) is 0 Å². The van der Waals surface area contributed by atoms with Crippen LogP contribution < -0.4 is 20.5 Å². The minimum Gasteiger partial charge on any atom is -0.497 e. The lowest BCUT2D eigenvalue weighted by molar-refractivity contribution is -0.123. The number of hydrogen-bond donors (Lipinski definition) is 2. The van der Waals surface area contributed by atoms with Gasteiger partial charge in [-0.3, -0.25) is 4.79 Å². The smallest absolute Gasteiger partial charge is 0.338 e. The number of nitrogens with zero attached hydrogens (tertiary/aromatic N) is 1. The van der Waals surface area contributed by atoms with Crippen LogP contribution in [-0.2, 0) is 9.53 Å². The molecule has 1 atom stereocenters. The van der Waals surface area contributed by atoms with Crippen LogP contribution >= 0.6 is 11.3 Å². The van der Waals surface area contributed by atoms with E-state index in [2.05, 4.69) is 10.3 Å². The summed E-state index contributed by atoms with van der Waals surface area (Å²) in [6.07, 6.45) is -1.01. The normalized spacial score (nSPS) is 11.7. The molecule has 0 saturated heterocycles. The van der Waals surface area contributed by atoms with Gasteiger partial charge in [-0.2, -0.15) is 0 Å². The van der Waals surface area contributed by atoms with Crippen molar-refractivity contribution in [1.82, 2.24) is 4.98 Å². The number of anilines is 2. The van der Waals surface area contributed by atoms with Gasteiger partial charge in [0, 0.05) is 23.9 Å². The van der Waals surface area contributed by atoms with Crippen molar-refractivity contribution in [3.63, 3.8) is 0 Å². The third kappa shape index (κ3) is 4.32. The van der Waals surface area contributed by atoms with Crippen molar-refractivity contribution in [2.24, 2.45) is 0 Å². The molecule has 2 aromatic carbocycles. The van der Waals surface area contributed by atoms with Crippen LogP contribution in [0.15, 0.2) is 36.4 Å². The van der Waals surface area contributed by atoms with E-state index in [4.69, 9.17) is 19.9 Å². The molecule has 0 fully saturated rings. The second kappa shape index (κ2) is 8.13. The van der Waals surface area contributed by atoms with Crippen molar-refractivity contribution in [2.75, 3.05) is 25.3 Å². The minimum absolute atomic E-state index is 0.318. The van der Waals surface area contributed by atoms with Gasteiger partial charge >= 0.3 is 5.97 Å². The molecule has 1 amide bonds. The lowest BCUT2D eigenvalue weighted by Crippen LogP contribution is -2.30. The zero-order valence-corrected chi connectivity index (χ0v) is 16.3. The summed E-state index contributed by atoms with van der Waals surface area (Å²) in [7, 11) is 3.02. The fraction of sp³-hybridized carbons (Fsp3) is 0.211. The average molecular weight is 401 g/mol. The maximum atomic E-state index is 12.4. The second-order valence-electron chi connectivity index (χ2n) is 5.87. The van der Waals surface area contributed by atoms with Gasteiger partial charge in [-0.15, -0.1) is 0 Å². The fourth-order valence-corrected chi connectivity index (χ4v) is 3.25. The molecule has 146 valence electrons. The Morgan fingerprint density at radius 3 is 2.43 bits per heavy atom. The van der Waals surface area contributed by atoms with Gasteiger partial charge in [-0.25, -0.2) is 9.78 Å². The quantitative estimate of drug-likeness (QED) is 0.610. The first-order valence-electron chi connectivity index (χ1n) is 8.30. The summed E-state index contributed by atoms with van der Waals surface area (Å²) < 4.78 is 16.4. The van der Waals surface area contributed by atoms with E-state index >= 15 is 0 Å². The number of esters is 1. The Hall–Kier alpha value is -3.33. The number of rotatable bonds is 6. The standard InChI is InChI=1S/C19H19N3O5S/c1-10(17(23)21-12-7-13(25-2)9-14(8-12)26-3)27-18(24)11-4-5-15-16(6-11)28-19(20)22-15/h4-10H,1-3H3,(H2,20,22)(H,21,23). The first kappa shape index (κ1) is 19.4. The molecule has 28 heavy (non-hydrogen) atoms. The highest BCUT2D eigenvalue weighted by atomic mass is 32.1. The Morgan fingerprint density at radius 2 is 1.79 bits per heavy atom. The summed E-state index contributed by atoms with van der Waals surface area (Å²) in [4.78, 5) is 28.9. The summed E-state index contributed by atoms with van der Waals surface area (Å²) in [5.41, 5.74) is 7.16. The predicted octanol–water partition coefficient (Wildman–Crippen LogP) is 3.08. The molecule has 0 saturated carbocycles. The molecule has 0 radical (unpaired) electrons. The molecule has 0 aliphatic carbocycles. The average Bonchev–Trinajstić information content (AvgIpc) is 3.06. The molecule has 1 unspecified atom stereocenters. The molecular weight excluding hydrogens is 382 g/mol. The second-order valence-corrected chi connectivity index (χ2v) is 6.93. The number of ether oxygens (including phenoxy) is 3. The van der Waals surface area contributed by atoms with Crippen molar-refractivity contribution >= 4 is 44.2 Å². The number of methoxy groups -OCH3 is 2. The molecule has 3 N–H and O–H groups in total. The molecule has 0 spiro atoms. The number of carbonyl (C=O) groups excluding carboxylic acids is 2. The van der Waals surface area contributed by atoms with Gasteiger partial charge in [-0.1, -0.05) is 11.3 Å². The van der Waals surface area contributed by atoms with Gasteiger partial charge in [-0.05, 0) is 25.1 Å². The molecule has 8 nitrogen and oxygen atoms in total. The Labute approximate surface area is 165 Å². The molecule has 1 aromatic heterocycles. The Kier molecular flexibility index (Phi) is 5.65. The molecular formula is C19H19N3O5S. The van der Waals surface area contributed by atoms with Gasteiger partial charge in [0.15, 0.2) is 11.2 Å². The number of nitrogen functional groups attached to an aromatic ring is 1. The number of thiazole rings is 1. The topological polar surface area (TPSA) is 113 Å². The van der Waals surface area contributed by atoms with Crippen LogP contribution in [0.5, 0.6) is 11.5 Å². The SMILES string of the molecule is COc1cc(NC(=O)C(C)OC(=O)c2ccc3nc(N)sc3c2)cc(OC)c1. The Morgan fingerprint density at radius 1 is 1.11 bits per heavy atom. The molecule has 1 heterocycles. The third-order valence-electron chi connectivity index (χ3n) is 3.91. The van der Waals surface area contributed by atoms with E-state index in [-0.39, 0.29) is 0 Å². The molecule has 3 rings (SSSR count). The number of hydrogen-bond acceptors (Lipinski definition) is 8. The number of carbonyl (C=O) groups is 2. The minimum atomic E-state index is -1.01. The van der Waals surface area contributed by atoms with Crippen LogP contribution in [0, 0.1) is 0 Å². The zero-order valence-electron chi connectivity index (χ0n) is 15.5. The van der Waals surface area contributed by atoms with Crippen LogP contribution in [0.1, 0.15) is 17.3 Å². The lowest BCUT2D eigenvalue weighted by atomic mass is 10.2. The summed E-state index contributed by atoms with van der Waals surface area (Å²) in [5.74, 6) is -0.0422. The highest BCUT2D eigenvalue weighted by molar-refractivity contribution is 7.22. The van der Waals surface area contributed by atoms with E-state index in [1.54, 1.807) is 36.4 Å². The van der Waals surface area contributed by atoms with Crippen molar-refractivity contribution in [2.45, 2.75) is 13.0 Å². The largest absolute Gasteiger partial charge is 0.497 e. The van der Waals surface area contributed by atoms with Crippen LogP contribution in [0.2, 0.25) is 0 Å². The van der Waals surface area contributed by atoms with Crippen molar-refractivity contribution in [3.8, 4) is 11.5 Å². The van der Waals surface area contributed by atoms with Crippen LogP contribution in [0.25, 0.3) is 10.2 Å². The van der Waals surface area contributed by atoms with E-state index in [1.165, 1.54) is 32.5 Å².